The number of imidazole rings is 2. The molecule has 0 bridgehead atoms. The second-order valence-electron chi connectivity index (χ2n) is 4.77. The van der Waals surface area contributed by atoms with Crippen molar-refractivity contribution in [3.05, 3.63) is 57.9 Å². The number of para-hydroxylation sites is 2. The number of pyridine rings is 1. The van der Waals surface area contributed by atoms with Gasteiger partial charge in [-0.15, -0.1) is 0 Å². The lowest BCUT2D eigenvalue weighted by Gasteiger charge is -1.97. The summed E-state index contributed by atoms with van der Waals surface area (Å²) in [6.45, 7) is 0. The molecule has 22 heavy (non-hydrogen) atoms. The first-order valence-corrected chi connectivity index (χ1v) is 8.76. The molecule has 7 heteroatoms. The van der Waals surface area contributed by atoms with Gasteiger partial charge in [0, 0.05) is 11.9 Å². The molecule has 0 fully saturated rings. The molecule has 0 unspecified atom stereocenters. The average Bonchev–Trinajstić information content (AvgIpc) is 3.07. The molecule has 0 saturated heterocycles. The van der Waals surface area contributed by atoms with Gasteiger partial charge in [0.05, 0.1) is 21.7 Å². The molecule has 0 atom stereocenters. The fraction of sp³-hybridized carbons (Fsp3) is 0.0667. The number of nitrogens with one attached hydrogen (secondary N) is 1. The number of hydrogen-bond acceptors (Lipinski definition) is 3. The number of benzene rings is 1. The molecular weight excluding hydrogens is 384 g/mol. The van der Waals surface area contributed by atoms with Crippen LogP contribution in [0.1, 0.15) is 5.69 Å². The largest absolute Gasteiger partial charge is 0.333 e. The minimum absolute atomic E-state index is 0.682. The Morgan fingerprint density at radius 1 is 1.18 bits per heavy atom. The number of fused-ring (bicyclic) bond motifs is 2. The molecule has 0 aliphatic heterocycles. The van der Waals surface area contributed by atoms with E-state index in [1.807, 2.05) is 47.0 Å². The Bertz CT molecular complexity index is 945. The summed E-state index contributed by atoms with van der Waals surface area (Å²) in [6, 6.07) is 11.8. The summed E-state index contributed by atoms with van der Waals surface area (Å²) in [7, 11) is 0. The smallest absolute Gasteiger partial charge is 0.166 e. The lowest BCUT2D eigenvalue weighted by atomic mass is 10.3. The van der Waals surface area contributed by atoms with E-state index in [-0.39, 0.29) is 0 Å². The van der Waals surface area contributed by atoms with Crippen LogP contribution in [0.4, 0.5) is 0 Å². The van der Waals surface area contributed by atoms with Crippen molar-refractivity contribution < 1.29 is 0 Å². The minimum Gasteiger partial charge on any atom is -0.333 e. The highest BCUT2D eigenvalue weighted by molar-refractivity contribution is 9.10. The van der Waals surface area contributed by atoms with E-state index < -0.39 is 0 Å². The van der Waals surface area contributed by atoms with E-state index >= 15 is 0 Å². The highest BCUT2D eigenvalue weighted by Crippen LogP contribution is 2.28. The van der Waals surface area contributed by atoms with Crippen molar-refractivity contribution >= 4 is 56.0 Å². The van der Waals surface area contributed by atoms with Crippen LogP contribution in [0.25, 0.3) is 16.7 Å². The van der Waals surface area contributed by atoms with Gasteiger partial charge >= 0.3 is 0 Å². The van der Waals surface area contributed by atoms with Crippen LogP contribution in [0.3, 0.4) is 0 Å². The first-order valence-electron chi connectivity index (χ1n) is 6.60. The maximum atomic E-state index is 6.03. The van der Waals surface area contributed by atoms with E-state index in [2.05, 4.69) is 30.9 Å². The van der Waals surface area contributed by atoms with Crippen LogP contribution in [0.2, 0.25) is 5.02 Å². The number of aromatic amines is 1. The second kappa shape index (κ2) is 5.61. The summed E-state index contributed by atoms with van der Waals surface area (Å²) in [4.78, 5) is 12.5. The van der Waals surface area contributed by atoms with Gasteiger partial charge in [0.15, 0.2) is 5.16 Å². The zero-order valence-electron chi connectivity index (χ0n) is 11.3. The number of nitrogens with zero attached hydrogens (tertiary/aromatic N) is 3. The van der Waals surface area contributed by atoms with Gasteiger partial charge in [-0.05, 0) is 40.2 Å². The van der Waals surface area contributed by atoms with Crippen molar-refractivity contribution in [2.24, 2.45) is 0 Å². The Kier molecular flexibility index (Phi) is 3.60. The molecule has 0 spiro atoms. The number of rotatable bonds is 3. The third kappa shape index (κ3) is 2.51. The van der Waals surface area contributed by atoms with Crippen molar-refractivity contribution in [1.82, 2.24) is 19.4 Å². The molecule has 1 aromatic carbocycles. The zero-order chi connectivity index (χ0) is 15.1. The number of thioether (sulfide) groups is 1. The SMILES string of the molecule is Clc1ccc2nc(CSc3nc4ccccc4[nH]3)c(Br)n2c1. The molecule has 4 aromatic rings. The summed E-state index contributed by atoms with van der Waals surface area (Å²) < 4.78 is 2.87. The molecule has 4 rings (SSSR count). The van der Waals surface area contributed by atoms with E-state index in [1.54, 1.807) is 11.8 Å². The van der Waals surface area contributed by atoms with Crippen molar-refractivity contribution in [2.75, 3.05) is 0 Å². The summed E-state index contributed by atoms with van der Waals surface area (Å²) in [5, 5.41) is 1.57. The van der Waals surface area contributed by atoms with Gasteiger partial charge in [0.25, 0.3) is 0 Å². The van der Waals surface area contributed by atoms with Crippen LogP contribution in [0.5, 0.6) is 0 Å². The van der Waals surface area contributed by atoms with Gasteiger partial charge in [-0.2, -0.15) is 0 Å². The first-order chi connectivity index (χ1) is 10.7. The molecule has 110 valence electrons. The lowest BCUT2D eigenvalue weighted by Crippen LogP contribution is -1.85. The van der Waals surface area contributed by atoms with Gasteiger partial charge in [0.1, 0.15) is 10.3 Å². The molecular formula is C15H10BrClN4S. The van der Waals surface area contributed by atoms with Gasteiger partial charge < -0.3 is 4.98 Å². The van der Waals surface area contributed by atoms with E-state index in [0.717, 1.165) is 37.9 Å². The van der Waals surface area contributed by atoms with Crippen LogP contribution in [-0.2, 0) is 5.75 Å². The number of hydrogen-bond donors (Lipinski definition) is 1. The maximum absolute atomic E-state index is 6.03. The van der Waals surface area contributed by atoms with E-state index in [0.29, 0.717) is 5.02 Å². The van der Waals surface area contributed by atoms with Gasteiger partial charge in [-0.1, -0.05) is 35.5 Å². The molecule has 4 nitrogen and oxygen atoms in total. The van der Waals surface area contributed by atoms with Crippen LogP contribution in [-0.4, -0.2) is 19.4 Å². The molecule has 0 aliphatic carbocycles. The van der Waals surface area contributed by atoms with Gasteiger partial charge in [-0.25, -0.2) is 9.97 Å². The maximum Gasteiger partial charge on any atom is 0.166 e. The Morgan fingerprint density at radius 2 is 2.05 bits per heavy atom. The molecule has 3 aromatic heterocycles. The quantitative estimate of drug-likeness (QED) is 0.503. The van der Waals surface area contributed by atoms with Crippen molar-refractivity contribution in [2.45, 2.75) is 10.9 Å². The topological polar surface area (TPSA) is 46.0 Å². The highest BCUT2D eigenvalue weighted by atomic mass is 79.9. The predicted octanol–water partition coefficient (Wildman–Crippen LogP) is 4.92. The summed E-state index contributed by atoms with van der Waals surface area (Å²) in [6.07, 6.45) is 1.85. The lowest BCUT2D eigenvalue weighted by molar-refractivity contribution is 1.07. The average molecular weight is 394 g/mol. The van der Waals surface area contributed by atoms with Crippen LogP contribution >= 0.6 is 39.3 Å². The molecule has 0 amide bonds. The first kappa shape index (κ1) is 14.1. The fourth-order valence-electron chi connectivity index (χ4n) is 2.27. The number of H-pyrrole nitrogens is 1. The third-order valence-corrected chi connectivity index (χ3v) is 5.25. The second-order valence-corrected chi connectivity index (χ2v) is 6.92. The van der Waals surface area contributed by atoms with Crippen molar-refractivity contribution in [1.29, 1.82) is 0 Å². The predicted molar refractivity (Wildman–Crippen MR) is 93.6 cm³/mol. The Morgan fingerprint density at radius 3 is 2.91 bits per heavy atom. The monoisotopic (exact) mass is 392 g/mol. The summed E-state index contributed by atoms with van der Waals surface area (Å²) >= 11 is 11.2. The standard InChI is InChI=1S/C15H10BrClN4S/c16-14-12(18-13-6-5-9(17)7-21(13)14)8-22-15-19-10-3-1-2-4-11(10)20-15/h1-7H,8H2,(H,19,20). The number of aromatic nitrogens is 4. The van der Waals surface area contributed by atoms with Crippen LogP contribution < -0.4 is 0 Å². The molecule has 0 saturated carbocycles. The molecule has 3 heterocycles. The number of halogens is 2. The Hall–Kier alpha value is -1.50. The Balaban J connectivity index is 1.62. The fourth-order valence-corrected chi connectivity index (χ4v) is 3.94. The van der Waals surface area contributed by atoms with E-state index in [4.69, 9.17) is 11.6 Å². The van der Waals surface area contributed by atoms with E-state index in [9.17, 15) is 0 Å². The molecule has 0 radical (unpaired) electrons. The Labute approximate surface area is 144 Å². The summed E-state index contributed by atoms with van der Waals surface area (Å²) in [5.74, 6) is 0.722. The highest BCUT2D eigenvalue weighted by Gasteiger charge is 2.11. The van der Waals surface area contributed by atoms with Gasteiger partial charge in [0.2, 0.25) is 0 Å². The van der Waals surface area contributed by atoms with Crippen molar-refractivity contribution in [3.8, 4) is 0 Å². The van der Waals surface area contributed by atoms with Gasteiger partial charge in [-0.3, -0.25) is 4.40 Å². The molecule has 1 N–H and O–H groups in total. The van der Waals surface area contributed by atoms with Crippen LogP contribution in [0, 0.1) is 0 Å². The van der Waals surface area contributed by atoms with Crippen LogP contribution in [0.15, 0.2) is 52.4 Å². The summed E-state index contributed by atoms with van der Waals surface area (Å²) in [5.41, 5.74) is 3.86. The third-order valence-electron chi connectivity index (χ3n) is 3.30. The van der Waals surface area contributed by atoms with Crippen molar-refractivity contribution in [3.63, 3.8) is 0 Å². The van der Waals surface area contributed by atoms with E-state index in [1.165, 1.54) is 0 Å². The zero-order valence-corrected chi connectivity index (χ0v) is 14.4. The minimum atomic E-state index is 0.682. The normalized spacial score (nSPS) is 11.5. The molecule has 0 aliphatic rings.